The van der Waals surface area contributed by atoms with Crippen LogP contribution in [0.3, 0.4) is 0 Å². The second kappa shape index (κ2) is 6.72. The summed E-state index contributed by atoms with van der Waals surface area (Å²) >= 11 is 11.4. The summed E-state index contributed by atoms with van der Waals surface area (Å²) in [5.41, 5.74) is 1.91. The van der Waals surface area contributed by atoms with Crippen molar-refractivity contribution in [2.75, 3.05) is 29.7 Å². The second-order valence-corrected chi connectivity index (χ2v) is 4.43. The molecule has 0 heterocycles. The number of benzene rings is 1. The van der Waals surface area contributed by atoms with Crippen LogP contribution in [0.4, 0.5) is 5.69 Å². The number of alkyl halides is 2. The van der Waals surface area contributed by atoms with E-state index in [9.17, 15) is 4.79 Å². The first kappa shape index (κ1) is 14.1. The van der Waals surface area contributed by atoms with Crippen molar-refractivity contribution in [3.63, 3.8) is 0 Å². The van der Waals surface area contributed by atoms with E-state index in [-0.39, 0.29) is 0 Å². The van der Waals surface area contributed by atoms with Crippen LogP contribution in [0, 0.1) is 6.92 Å². The summed E-state index contributed by atoms with van der Waals surface area (Å²) in [6, 6.07) is 5.35. The molecule has 0 saturated heterocycles. The molecule has 0 aromatic heterocycles. The van der Waals surface area contributed by atoms with Gasteiger partial charge >= 0.3 is 5.97 Å². The van der Waals surface area contributed by atoms with Crippen LogP contribution in [0.1, 0.15) is 15.9 Å². The summed E-state index contributed by atoms with van der Waals surface area (Å²) in [6.07, 6.45) is 0. The Morgan fingerprint density at radius 3 is 2.35 bits per heavy atom. The Hall–Kier alpha value is -0.930. The normalized spacial score (nSPS) is 10.3. The highest BCUT2D eigenvalue weighted by molar-refractivity contribution is 6.18. The van der Waals surface area contributed by atoms with E-state index in [1.165, 1.54) is 0 Å². The van der Waals surface area contributed by atoms with Crippen molar-refractivity contribution in [3.8, 4) is 0 Å². The summed E-state index contributed by atoms with van der Waals surface area (Å²) in [7, 11) is 0. The van der Waals surface area contributed by atoms with Gasteiger partial charge in [0.2, 0.25) is 0 Å². The molecule has 3 nitrogen and oxygen atoms in total. The average Bonchev–Trinajstić information content (AvgIpc) is 2.29. The second-order valence-electron chi connectivity index (χ2n) is 3.67. The molecule has 17 heavy (non-hydrogen) atoms. The Bertz CT molecular complexity index is 390. The predicted molar refractivity (Wildman–Crippen MR) is 71.8 cm³/mol. The summed E-state index contributed by atoms with van der Waals surface area (Å²) in [4.78, 5) is 13.0. The lowest BCUT2D eigenvalue weighted by Gasteiger charge is -2.23. The standard InChI is InChI=1S/C12H15Cl2NO2/c1-9-2-3-10(8-11(9)12(16)17)15(6-4-13)7-5-14/h2-3,8H,4-7H2,1H3,(H,16,17). The van der Waals surface area contributed by atoms with Crippen molar-refractivity contribution >= 4 is 34.9 Å². The number of carbonyl (C=O) groups is 1. The number of nitrogens with zero attached hydrogens (tertiary/aromatic N) is 1. The van der Waals surface area contributed by atoms with Crippen molar-refractivity contribution in [1.82, 2.24) is 0 Å². The number of carboxylic acid groups (broad SMARTS) is 1. The molecule has 0 bridgehead atoms. The highest BCUT2D eigenvalue weighted by atomic mass is 35.5. The van der Waals surface area contributed by atoms with Gasteiger partial charge in [0.25, 0.3) is 0 Å². The zero-order chi connectivity index (χ0) is 12.8. The maximum absolute atomic E-state index is 11.0. The van der Waals surface area contributed by atoms with Crippen molar-refractivity contribution in [1.29, 1.82) is 0 Å². The zero-order valence-corrected chi connectivity index (χ0v) is 11.1. The first-order valence-electron chi connectivity index (χ1n) is 5.31. The average molecular weight is 276 g/mol. The molecule has 0 aliphatic heterocycles. The molecule has 0 radical (unpaired) electrons. The highest BCUT2D eigenvalue weighted by Crippen LogP contribution is 2.19. The smallest absolute Gasteiger partial charge is 0.336 e. The van der Waals surface area contributed by atoms with Gasteiger partial charge in [0.1, 0.15) is 0 Å². The van der Waals surface area contributed by atoms with Gasteiger partial charge in [0, 0.05) is 30.5 Å². The Morgan fingerprint density at radius 1 is 1.29 bits per heavy atom. The Morgan fingerprint density at radius 2 is 1.88 bits per heavy atom. The number of aryl methyl sites for hydroxylation is 1. The zero-order valence-electron chi connectivity index (χ0n) is 9.62. The van der Waals surface area contributed by atoms with Gasteiger partial charge in [-0.05, 0) is 24.6 Å². The van der Waals surface area contributed by atoms with Crippen LogP contribution in [-0.4, -0.2) is 35.9 Å². The molecule has 0 unspecified atom stereocenters. The lowest BCUT2D eigenvalue weighted by atomic mass is 10.1. The quantitative estimate of drug-likeness (QED) is 0.812. The van der Waals surface area contributed by atoms with Gasteiger partial charge in [-0.1, -0.05) is 6.07 Å². The summed E-state index contributed by atoms with van der Waals surface area (Å²) in [5, 5.41) is 9.06. The number of halogens is 2. The minimum Gasteiger partial charge on any atom is -0.478 e. The van der Waals surface area contributed by atoms with Crippen LogP contribution < -0.4 is 4.90 Å². The lowest BCUT2D eigenvalue weighted by molar-refractivity contribution is 0.0696. The molecule has 5 heteroatoms. The molecule has 0 spiro atoms. The third kappa shape index (κ3) is 3.79. The van der Waals surface area contributed by atoms with E-state index < -0.39 is 5.97 Å². The molecule has 0 saturated carbocycles. The maximum atomic E-state index is 11.0. The number of hydrogen-bond acceptors (Lipinski definition) is 2. The first-order chi connectivity index (χ1) is 8.10. The van der Waals surface area contributed by atoms with Gasteiger partial charge < -0.3 is 10.0 Å². The fourth-order valence-corrected chi connectivity index (χ4v) is 2.02. The fraction of sp³-hybridized carbons (Fsp3) is 0.417. The highest BCUT2D eigenvalue weighted by Gasteiger charge is 2.11. The lowest BCUT2D eigenvalue weighted by Crippen LogP contribution is -2.27. The molecule has 94 valence electrons. The minimum absolute atomic E-state index is 0.316. The molecule has 0 aliphatic carbocycles. The number of hydrogen-bond donors (Lipinski definition) is 1. The Balaban J connectivity index is 3.03. The monoisotopic (exact) mass is 275 g/mol. The van der Waals surface area contributed by atoms with Gasteiger partial charge in [-0.2, -0.15) is 0 Å². The van der Waals surface area contributed by atoms with Crippen LogP contribution in [-0.2, 0) is 0 Å². The van der Waals surface area contributed by atoms with Crippen LogP contribution in [0.15, 0.2) is 18.2 Å². The summed E-state index contributed by atoms with van der Waals surface area (Å²) in [6.45, 7) is 3.08. The van der Waals surface area contributed by atoms with Gasteiger partial charge in [0.05, 0.1) is 5.56 Å². The van der Waals surface area contributed by atoms with Crippen molar-refractivity contribution in [2.45, 2.75) is 6.92 Å². The van der Waals surface area contributed by atoms with E-state index in [2.05, 4.69) is 0 Å². The van der Waals surface area contributed by atoms with Gasteiger partial charge in [-0.3, -0.25) is 0 Å². The largest absolute Gasteiger partial charge is 0.478 e. The van der Waals surface area contributed by atoms with E-state index >= 15 is 0 Å². The molecule has 1 aromatic carbocycles. The molecular formula is C12H15Cl2NO2. The third-order valence-electron chi connectivity index (χ3n) is 2.53. The number of aromatic carboxylic acids is 1. The van der Waals surface area contributed by atoms with Crippen LogP contribution in [0.25, 0.3) is 0 Å². The number of anilines is 1. The van der Waals surface area contributed by atoms with E-state index in [1.807, 2.05) is 11.0 Å². The minimum atomic E-state index is -0.916. The molecule has 1 N–H and O–H groups in total. The maximum Gasteiger partial charge on any atom is 0.336 e. The number of rotatable bonds is 6. The molecule has 0 atom stereocenters. The molecular weight excluding hydrogens is 261 g/mol. The van der Waals surface area contributed by atoms with Gasteiger partial charge in [0.15, 0.2) is 0 Å². The third-order valence-corrected chi connectivity index (χ3v) is 2.86. The molecule has 1 aromatic rings. The van der Waals surface area contributed by atoms with E-state index in [4.69, 9.17) is 28.3 Å². The molecule has 0 amide bonds. The first-order valence-corrected chi connectivity index (χ1v) is 6.38. The topological polar surface area (TPSA) is 40.5 Å². The van der Waals surface area contributed by atoms with Crippen molar-refractivity contribution in [2.24, 2.45) is 0 Å². The summed E-state index contributed by atoms with van der Waals surface area (Å²) < 4.78 is 0. The Kier molecular flexibility index (Phi) is 5.59. The Labute approximate surface area is 111 Å². The van der Waals surface area contributed by atoms with Crippen LogP contribution in [0.5, 0.6) is 0 Å². The number of carboxylic acids is 1. The summed E-state index contributed by atoms with van der Waals surface area (Å²) in [5.74, 6) is 0.0430. The van der Waals surface area contributed by atoms with Crippen molar-refractivity contribution in [3.05, 3.63) is 29.3 Å². The SMILES string of the molecule is Cc1ccc(N(CCCl)CCCl)cc1C(=O)O. The predicted octanol–water partition coefficient (Wildman–Crippen LogP) is 2.98. The van der Waals surface area contributed by atoms with Crippen LogP contribution >= 0.6 is 23.2 Å². The molecule has 1 rings (SSSR count). The van der Waals surface area contributed by atoms with Crippen molar-refractivity contribution < 1.29 is 9.90 Å². The van der Waals surface area contributed by atoms with E-state index in [1.54, 1.807) is 19.1 Å². The van der Waals surface area contributed by atoms with Crippen LogP contribution in [0.2, 0.25) is 0 Å². The van der Waals surface area contributed by atoms with E-state index in [0.29, 0.717) is 30.4 Å². The molecule has 0 fully saturated rings. The van der Waals surface area contributed by atoms with Gasteiger partial charge in [-0.15, -0.1) is 23.2 Å². The molecule has 0 aliphatic rings. The fourth-order valence-electron chi connectivity index (χ4n) is 1.61. The van der Waals surface area contributed by atoms with E-state index in [0.717, 1.165) is 11.3 Å². The van der Waals surface area contributed by atoms with Gasteiger partial charge in [-0.25, -0.2) is 4.79 Å².